The molecule has 1 aliphatic heterocycles. The zero-order valence-electron chi connectivity index (χ0n) is 17.7. The van der Waals surface area contributed by atoms with Crippen molar-refractivity contribution in [1.29, 1.82) is 0 Å². The number of likely N-dealkylation sites (N-methyl/N-ethyl adjacent to an activating group) is 1. The van der Waals surface area contributed by atoms with E-state index in [1.807, 2.05) is 38.1 Å². The first-order valence-corrected chi connectivity index (χ1v) is 10.4. The summed E-state index contributed by atoms with van der Waals surface area (Å²) in [6.45, 7) is 6.51. The van der Waals surface area contributed by atoms with E-state index in [0.717, 1.165) is 38.0 Å². The molecule has 2 heterocycles. The predicted molar refractivity (Wildman–Crippen MR) is 112 cm³/mol. The van der Waals surface area contributed by atoms with Gasteiger partial charge in [0.05, 0.1) is 11.8 Å². The van der Waals surface area contributed by atoms with Crippen LogP contribution in [0.4, 0.5) is 4.39 Å². The first-order chi connectivity index (χ1) is 13.9. The first kappa shape index (κ1) is 21.5. The molecule has 1 unspecified atom stereocenters. The van der Waals surface area contributed by atoms with Crippen molar-refractivity contribution < 1.29 is 13.6 Å². The van der Waals surface area contributed by atoms with Gasteiger partial charge in [0.2, 0.25) is 0 Å². The number of nitrogens with zero attached hydrogens (tertiary/aromatic N) is 3. The minimum Gasteiger partial charge on any atom is -0.469 e. The molecule has 6 heteroatoms. The van der Waals surface area contributed by atoms with E-state index < -0.39 is 0 Å². The average molecular weight is 402 g/mol. The van der Waals surface area contributed by atoms with Crippen LogP contribution < -0.4 is 0 Å². The average Bonchev–Trinajstić information content (AvgIpc) is 3.12. The van der Waals surface area contributed by atoms with E-state index in [9.17, 15) is 9.18 Å². The number of halogens is 1. The topological polar surface area (TPSA) is 39.9 Å². The van der Waals surface area contributed by atoms with Crippen molar-refractivity contribution in [2.75, 3.05) is 46.8 Å². The summed E-state index contributed by atoms with van der Waals surface area (Å²) in [5.74, 6) is 0.931. The third-order valence-electron chi connectivity index (χ3n) is 5.63. The van der Waals surface area contributed by atoms with Crippen LogP contribution in [-0.2, 0) is 6.54 Å². The van der Waals surface area contributed by atoms with Gasteiger partial charge < -0.3 is 14.2 Å². The van der Waals surface area contributed by atoms with Crippen molar-refractivity contribution in [3.63, 3.8) is 0 Å². The lowest BCUT2D eigenvalue weighted by Crippen LogP contribution is -2.44. The number of rotatable bonds is 8. The Labute approximate surface area is 173 Å². The molecule has 1 atom stereocenters. The number of amides is 1. The fraction of sp³-hybridized carbons (Fsp3) is 0.522. The van der Waals surface area contributed by atoms with Crippen molar-refractivity contribution in [2.45, 2.75) is 26.3 Å². The molecule has 0 radical (unpaired) electrons. The van der Waals surface area contributed by atoms with Crippen LogP contribution in [0.3, 0.4) is 0 Å². The maximum Gasteiger partial charge on any atom is 0.257 e. The molecule has 158 valence electrons. The molecule has 1 fully saturated rings. The minimum absolute atomic E-state index is 0.0318. The highest BCUT2D eigenvalue weighted by molar-refractivity contribution is 5.95. The summed E-state index contributed by atoms with van der Waals surface area (Å²) >= 11 is 0. The Balaban J connectivity index is 1.65. The van der Waals surface area contributed by atoms with Gasteiger partial charge in [-0.15, -0.1) is 0 Å². The summed E-state index contributed by atoms with van der Waals surface area (Å²) in [6, 6.07) is 8.74. The van der Waals surface area contributed by atoms with E-state index in [-0.39, 0.29) is 11.7 Å². The number of piperidine rings is 1. The molecule has 0 N–H and O–H groups in total. The maximum atomic E-state index is 14.0. The molecule has 1 aromatic carbocycles. The zero-order valence-corrected chi connectivity index (χ0v) is 17.7. The van der Waals surface area contributed by atoms with E-state index in [4.69, 9.17) is 4.42 Å². The summed E-state index contributed by atoms with van der Waals surface area (Å²) in [7, 11) is 4.03. The smallest absolute Gasteiger partial charge is 0.257 e. The third kappa shape index (κ3) is 5.90. The number of hydrogen-bond donors (Lipinski definition) is 0. The molecule has 0 saturated carbocycles. The molecule has 1 aromatic heterocycles. The zero-order chi connectivity index (χ0) is 20.8. The molecule has 1 amide bonds. The van der Waals surface area contributed by atoms with Crippen LogP contribution in [0.25, 0.3) is 0 Å². The molecular formula is C23H32FN3O2. The molecule has 0 bridgehead atoms. The highest BCUT2D eigenvalue weighted by atomic mass is 19.1. The number of hydrogen-bond acceptors (Lipinski definition) is 4. The van der Waals surface area contributed by atoms with Gasteiger partial charge in [0.1, 0.15) is 11.6 Å². The quantitative estimate of drug-likeness (QED) is 0.677. The summed E-state index contributed by atoms with van der Waals surface area (Å²) < 4.78 is 19.4. The van der Waals surface area contributed by atoms with Gasteiger partial charge in [-0.25, -0.2) is 4.39 Å². The Hall–Kier alpha value is -2.18. The standard InChI is InChI=1S/C23H32FN3O2/c1-18-21(10-14-29-18)23(28)27(13-12-25(2)3)16-19-7-6-11-26(15-19)17-20-8-4-5-9-22(20)24/h4-5,8-10,14,19H,6-7,11-13,15-17H2,1-3H3. The summed E-state index contributed by atoms with van der Waals surface area (Å²) in [5.41, 5.74) is 1.38. The lowest BCUT2D eigenvalue weighted by Gasteiger charge is -2.36. The Morgan fingerprint density at radius 3 is 2.72 bits per heavy atom. The van der Waals surface area contributed by atoms with E-state index >= 15 is 0 Å². The monoisotopic (exact) mass is 401 g/mol. The van der Waals surface area contributed by atoms with Crippen LogP contribution in [0.15, 0.2) is 41.0 Å². The van der Waals surface area contributed by atoms with E-state index in [1.165, 1.54) is 6.07 Å². The van der Waals surface area contributed by atoms with Crippen LogP contribution in [0.1, 0.15) is 34.5 Å². The molecule has 0 aliphatic carbocycles. The molecule has 0 spiro atoms. The SMILES string of the molecule is Cc1occc1C(=O)N(CCN(C)C)CC1CCCN(Cc2ccccc2F)C1. The lowest BCUT2D eigenvalue weighted by atomic mass is 9.96. The van der Waals surface area contributed by atoms with Crippen molar-refractivity contribution in [3.05, 3.63) is 59.3 Å². The van der Waals surface area contributed by atoms with E-state index in [1.54, 1.807) is 18.4 Å². The number of carbonyl (C=O) groups excluding carboxylic acids is 1. The van der Waals surface area contributed by atoms with Crippen molar-refractivity contribution in [3.8, 4) is 0 Å². The Morgan fingerprint density at radius 2 is 2.03 bits per heavy atom. The first-order valence-electron chi connectivity index (χ1n) is 10.4. The predicted octanol–water partition coefficient (Wildman–Crippen LogP) is 3.64. The highest BCUT2D eigenvalue weighted by Gasteiger charge is 2.26. The molecule has 2 aromatic rings. The fourth-order valence-electron chi connectivity index (χ4n) is 4.00. The second-order valence-electron chi connectivity index (χ2n) is 8.28. The van der Waals surface area contributed by atoms with Crippen LogP contribution in [0.5, 0.6) is 0 Å². The lowest BCUT2D eigenvalue weighted by molar-refractivity contribution is 0.0658. The fourth-order valence-corrected chi connectivity index (χ4v) is 4.00. The molecule has 29 heavy (non-hydrogen) atoms. The molecular weight excluding hydrogens is 369 g/mol. The van der Waals surface area contributed by atoms with Crippen molar-refractivity contribution in [1.82, 2.24) is 14.7 Å². The number of aryl methyl sites for hydroxylation is 1. The Kier molecular flexibility index (Phi) is 7.45. The van der Waals surface area contributed by atoms with Crippen LogP contribution in [0.2, 0.25) is 0 Å². The number of likely N-dealkylation sites (tertiary alicyclic amines) is 1. The van der Waals surface area contributed by atoms with Crippen molar-refractivity contribution >= 4 is 5.91 Å². The second-order valence-corrected chi connectivity index (χ2v) is 8.28. The second kappa shape index (κ2) is 10.0. The molecule has 5 nitrogen and oxygen atoms in total. The van der Waals surface area contributed by atoms with Gasteiger partial charge in [-0.1, -0.05) is 18.2 Å². The van der Waals surface area contributed by atoms with Gasteiger partial charge in [-0.3, -0.25) is 9.69 Å². The van der Waals surface area contributed by atoms with Crippen LogP contribution in [-0.4, -0.2) is 67.4 Å². The number of benzene rings is 1. The highest BCUT2D eigenvalue weighted by Crippen LogP contribution is 2.22. The summed E-state index contributed by atoms with van der Waals surface area (Å²) in [4.78, 5) is 19.5. The number of furan rings is 1. The van der Waals surface area contributed by atoms with Gasteiger partial charge in [-0.2, -0.15) is 0 Å². The minimum atomic E-state index is -0.146. The summed E-state index contributed by atoms with van der Waals surface area (Å²) in [6.07, 6.45) is 3.73. The van der Waals surface area contributed by atoms with Crippen LogP contribution in [0, 0.1) is 18.7 Å². The molecule has 1 aliphatic rings. The van der Waals surface area contributed by atoms with Crippen LogP contribution >= 0.6 is 0 Å². The van der Waals surface area contributed by atoms with Crippen molar-refractivity contribution in [2.24, 2.45) is 5.92 Å². The summed E-state index contributed by atoms with van der Waals surface area (Å²) in [5, 5.41) is 0. The third-order valence-corrected chi connectivity index (χ3v) is 5.63. The Morgan fingerprint density at radius 1 is 1.24 bits per heavy atom. The van der Waals surface area contributed by atoms with E-state index in [0.29, 0.717) is 36.9 Å². The number of carbonyl (C=O) groups is 1. The normalized spacial score (nSPS) is 17.6. The van der Waals surface area contributed by atoms with Gasteiger partial charge in [0.25, 0.3) is 5.91 Å². The van der Waals surface area contributed by atoms with E-state index in [2.05, 4.69) is 9.80 Å². The maximum absolute atomic E-state index is 14.0. The van der Waals surface area contributed by atoms with Gasteiger partial charge >= 0.3 is 0 Å². The molecule has 1 saturated heterocycles. The molecule has 3 rings (SSSR count). The van der Waals surface area contributed by atoms with Gasteiger partial charge in [0, 0.05) is 38.3 Å². The van der Waals surface area contributed by atoms with Gasteiger partial charge in [0.15, 0.2) is 0 Å². The van der Waals surface area contributed by atoms with Gasteiger partial charge in [-0.05, 0) is 58.5 Å². The Bertz CT molecular complexity index is 805. The largest absolute Gasteiger partial charge is 0.469 e.